The van der Waals surface area contributed by atoms with Crippen LogP contribution in [0.25, 0.3) is 10.7 Å². The summed E-state index contributed by atoms with van der Waals surface area (Å²) >= 11 is 0.978. The number of ether oxygens (including phenoxy) is 2. The van der Waals surface area contributed by atoms with Crippen molar-refractivity contribution >= 4 is 29.0 Å². The highest BCUT2D eigenvalue weighted by molar-refractivity contribution is 7.14. The highest BCUT2D eigenvalue weighted by Gasteiger charge is 2.28. The fourth-order valence-electron chi connectivity index (χ4n) is 2.54. The predicted octanol–water partition coefficient (Wildman–Crippen LogP) is 2.48. The molecule has 0 spiro atoms. The molecule has 0 bridgehead atoms. The number of methoxy groups -OCH3 is 1. The molecule has 0 aliphatic carbocycles. The number of hydrogen-bond donors (Lipinski definition) is 0. The smallest absolute Gasteiger partial charge is 0.360 e. The van der Waals surface area contributed by atoms with Crippen molar-refractivity contribution in [3.63, 3.8) is 0 Å². The Morgan fingerprint density at radius 3 is 2.26 bits per heavy atom. The van der Waals surface area contributed by atoms with Crippen LogP contribution in [0, 0.1) is 10.1 Å². The normalized spacial score (nSPS) is 10.3. The maximum absolute atomic E-state index is 12.4. The van der Waals surface area contributed by atoms with Crippen LogP contribution in [0.1, 0.15) is 38.2 Å². The number of thiophene rings is 1. The van der Waals surface area contributed by atoms with Gasteiger partial charge in [0.05, 0.1) is 12.0 Å². The number of esters is 2. The van der Waals surface area contributed by atoms with Gasteiger partial charge in [0, 0.05) is 20.0 Å². The monoisotopic (exact) mass is 454 g/mol. The first kappa shape index (κ1) is 25.9. The molecule has 12 heteroatoms. The Morgan fingerprint density at radius 2 is 1.84 bits per heavy atom. The van der Waals surface area contributed by atoms with Gasteiger partial charge >= 0.3 is 11.9 Å². The number of carbonyl (C=O) groups is 2. The van der Waals surface area contributed by atoms with Crippen LogP contribution >= 0.6 is 11.3 Å². The van der Waals surface area contributed by atoms with Gasteiger partial charge in [0.15, 0.2) is 11.5 Å². The summed E-state index contributed by atoms with van der Waals surface area (Å²) in [6.07, 6.45) is 0. The van der Waals surface area contributed by atoms with Gasteiger partial charge in [-0.25, -0.2) is 9.78 Å². The second-order valence-electron chi connectivity index (χ2n) is 6.07. The lowest BCUT2D eigenvalue weighted by atomic mass is 10.3. The minimum Gasteiger partial charge on any atom is -0.464 e. The first-order chi connectivity index (χ1) is 14.6. The topological polar surface area (TPSA) is 134 Å². The molecule has 0 aliphatic heterocycles. The zero-order chi connectivity index (χ0) is 23.7. The van der Waals surface area contributed by atoms with Crippen molar-refractivity contribution in [2.75, 3.05) is 26.7 Å². The Hall–Kier alpha value is -3.12. The van der Waals surface area contributed by atoms with E-state index in [4.69, 9.17) is 4.74 Å². The molecular weight excluding hydrogens is 428 g/mol. The fraction of sp³-hybridized carbons (Fsp3) is 0.474. The van der Waals surface area contributed by atoms with E-state index in [1.807, 2.05) is 0 Å². The van der Waals surface area contributed by atoms with Crippen LogP contribution in [0.2, 0.25) is 0 Å². The van der Waals surface area contributed by atoms with Crippen molar-refractivity contribution < 1.29 is 24.0 Å². The second kappa shape index (κ2) is 11.9. The van der Waals surface area contributed by atoms with Gasteiger partial charge in [-0.05, 0) is 25.0 Å². The number of nitro groups is 1. The molecule has 2 rings (SSSR count). The minimum atomic E-state index is -1.01. The number of carbonyl (C=O) groups excluding carboxylic acids is 2. The van der Waals surface area contributed by atoms with Crippen LogP contribution in [0.4, 0.5) is 5.69 Å². The van der Waals surface area contributed by atoms with Crippen molar-refractivity contribution in [1.29, 1.82) is 0 Å². The summed E-state index contributed by atoms with van der Waals surface area (Å²) in [5, 5.41) is 12.5. The van der Waals surface area contributed by atoms with Crippen molar-refractivity contribution in [3.8, 4) is 16.5 Å². The Balaban J connectivity index is 0.000000592. The number of rotatable bonds is 7. The van der Waals surface area contributed by atoms with Crippen molar-refractivity contribution in [3.05, 3.63) is 37.6 Å². The Labute approximate surface area is 183 Å². The molecule has 0 amide bonds. The van der Waals surface area contributed by atoms with Gasteiger partial charge in [-0.15, -0.1) is 11.3 Å². The van der Waals surface area contributed by atoms with Gasteiger partial charge in [-0.2, -0.15) is 0 Å². The first-order valence-electron chi connectivity index (χ1n) is 9.45. The minimum absolute atomic E-state index is 0.0825. The molecule has 0 aromatic carbocycles. The maximum atomic E-state index is 12.4. The van der Waals surface area contributed by atoms with Crippen molar-refractivity contribution in [2.45, 2.75) is 27.7 Å². The molecule has 0 radical (unpaired) electrons. The Morgan fingerprint density at radius 1 is 1.26 bits per heavy atom. The van der Waals surface area contributed by atoms with E-state index in [1.54, 1.807) is 0 Å². The van der Waals surface area contributed by atoms with Crippen molar-refractivity contribution in [1.82, 2.24) is 14.5 Å². The molecule has 31 heavy (non-hydrogen) atoms. The van der Waals surface area contributed by atoms with Gasteiger partial charge in [-0.3, -0.25) is 24.3 Å². The summed E-state index contributed by atoms with van der Waals surface area (Å²) in [5.74, 6) is -2.55. The second-order valence-corrected chi connectivity index (χ2v) is 6.99. The van der Waals surface area contributed by atoms with Gasteiger partial charge in [-0.1, -0.05) is 20.8 Å². The lowest BCUT2D eigenvalue weighted by molar-refractivity contribution is -0.383. The molecule has 11 nitrogen and oxygen atoms in total. The van der Waals surface area contributed by atoms with E-state index in [-0.39, 0.29) is 16.4 Å². The van der Waals surface area contributed by atoms with Crippen LogP contribution in [0.15, 0.2) is 16.2 Å². The summed E-state index contributed by atoms with van der Waals surface area (Å²) in [6.45, 7) is 11.2. The zero-order valence-electron chi connectivity index (χ0n) is 18.3. The SMILES string of the molecule is CCN(CC)CC.COC(=O)c1nc(-c2sccc2[N+](=O)[O-])n(C)c(=O)c1OC(C)=O. The van der Waals surface area contributed by atoms with E-state index in [0.717, 1.165) is 29.9 Å². The summed E-state index contributed by atoms with van der Waals surface area (Å²) < 4.78 is 10.3. The van der Waals surface area contributed by atoms with Crippen LogP contribution in [0.3, 0.4) is 0 Å². The predicted molar refractivity (Wildman–Crippen MR) is 116 cm³/mol. The quantitative estimate of drug-likeness (QED) is 0.351. The summed E-state index contributed by atoms with van der Waals surface area (Å²) in [7, 11) is 2.36. The van der Waals surface area contributed by atoms with Crippen LogP contribution < -0.4 is 10.3 Å². The zero-order valence-corrected chi connectivity index (χ0v) is 19.1. The Bertz CT molecular complexity index is 990. The molecule has 2 heterocycles. The molecule has 0 saturated carbocycles. The number of nitrogens with zero attached hydrogens (tertiary/aromatic N) is 4. The van der Waals surface area contributed by atoms with Crippen LogP contribution in [-0.2, 0) is 16.6 Å². The standard InChI is InChI=1S/C13H11N3O7S.C6H15N/c1-6(17)23-9-8(13(19)22-3)14-11(15(2)12(9)18)10-7(16(20)21)4-5-24-10;1-4-7(5-2)6-3/h4-5H,1-3H3;4-6H2,1-3H3. The molecule has 170 valence electrons. The summed E-state index contributed by atoms with van der Waals surface area (Å²) in [6, 6.07) is 1.25. The van der Waals surface area contributed by atoms with Crippen LogP contribution in [-0.4, -0.2) is 58.1 Å². The van der Waals surface area contributed by atoms with E-state index in [1.165, 1.54) is 38.1 Å². The third-order valence-electron chi connectivity index (χ3n) is 4.26. The summed E-state index contributed by atoms with van der Waals surface area (Å²) in [5.41, 5.74) is -1.65. The highest BCUT2D eigenvalue weighted by Crippen LogP contribution is 2.34. The third kappa shape index (κ3) is 6.43. The molecular formula is C19H26N4O7S. The molecule has 0 N–H and O–H groups in total. The fourth-order valence-corrected chi connectivity index (χ4v) is 3.42. The third-order valence-corrected chi connectivity index (χ3v) is 5.16. The first-order valence-corrected chi connectivity index (χ1v) is 10.3. The van der Waals surface area contributed by atoms with Gasteiger partial charge in [0.2, 0.25) is 5.75 Å². The molecule has 0 aliphatic rings. The van der Waals surface area contributed by atoms with E-state index >= 15 is 0 Å². The average molecular weight is 455 g/mol. The lowest BCUT2D eigenvalue weighted by Crippen LogP contribution is -2.27. The van der Waals surface area contributed by atoms with Crippen LogP contribution in [0.5, 0.6) is 5.75 Å². The average Bonchev–Trinajstić information content (AvgIpc) is 3.22. The molecule has 2 aromatic rings. The van der Waals surface area contributed by atoms with Gasteiger partial charge in [0.25, 0.3) is 11.2 Å². The highest BCUT2D eigenvalue weighted by atomic mass is 32.1. The van der Waals surface area contributed by atoms with Gasteiger partial charge < -0.3 is 14.4 Å². The molecule has 0 atom stereocenters. The van der Waals surface area contributed by atoms with E-state index < -0.39 is 33.9 Å². The molecule has 2 aromatic heterocycles. The number of aromatic nitrogens is 2. The molecule has 0 saturated heterocycles. The number of hydrogen-bond acceptors (Lipinski definition) is 10. The maximum Gasteiger partial charge on any atom is 0.360 e. The molecule has 0 unspecified atom stereocenters. The van der Waals surface area contributed by atoms with E-state index in [9.17, 15) is 24.5 Å². The Kier molecular flexibility index (Phi) is 9.96. The summed E-state index contributed by atoms with van der Waals surface area (Å²) in [4.78, 5) is 52.3. The van der Waals surface area contributed by atoms with Gasteiger partial charge in [0.1, 0.15) is 4.88 Å². The van der Waals surface area contributed by atoms with E-state index in [2.05, 4.69) is 35.4 Å². The van der Waals surface area contributed by atoms with E-state index in [0.29, 0.717) is 0 Å². The van der Waals surface area contributed by atoms with Crippen molar-refractivity contribution in [2.24, 2.45) is 7.05 Å². The molecule has 0 fully saturated rings. The largest absolute Gasteiger partial charge is 0.464 e. The lowest BCUT2D eigenvalue weighted by Gasteiger charge is -2.13.